The van der Waals surface area contributed by atoms with Crippen LogP contribution in [-0.4, -0.2) is 59.5 Å². The number of aromatic nitrogens is 2. The first-order valence-electron chi connectivity index (χ1n) is 11.8. The van der Waals surface area contributed by atoms with Crippen LogP contribution in [0.1, 0.15) is 40.0 Å². The van der Waals surface area contributed by atoms with Gasteiger partial charge < -0.3 is 15.0 Å². The average molecular weight is 542 g/mol. The molecule has 37 heavy (non-hydrogen) atoms. The van der Waals surface area contributed by atoms with E-state index in [0.717, 1.165) is 57.3 Å². The molecular formula is C24H41N6O6S+. The predicted molar refractivity (Wildman–Crippen MR) is 142 cm³/mol. The molecule has 0 radical (unpaired) electrons. The number of hydrogen-bond donors (Lipinski definition) is 1. The molecule has 0 saturated carbocycles. The van der Waals surface area contributed by atoms with E-state index in [0.29, 0.717) is 6.54 Å². The van der Waals surface area contributed by atoms with Gasteiger partial charge in [-0.15, -0.1) is 0 Å². The molecule has 0 aliphatic carbocycles. The number of carbonyl (C=O) groups is 1. The summed E-state index contributed by atoms with van der Waals surface area (Å²) in [6.45, 7) is 7.04. The first-order valence-corrected chi connectivity index (χ1v) is 13.2. The van der Waals surface area contributed by atoms with E-state index in [9.17, 15) is 13.2 Å². The van der Waals surface area contributed by atoms with Crippen molar-refractivity contribution in [3.8, 4) is 0 Å². The minimum absolute atomic E-state index is 0.360. The van der Waals surface area contributed by atoms with Gasteiger partial charge in [0.25, 0.3) is 0 Å². The Labute approximate surface area is 220 Å². The summed E-state index contributed by atoms with van der Waals surface area (Å²) in [5.41, 5.74) is 1.48. The van der Waals surface area contributed by atoms with Crippen molar-refractivity contribution in [3.63, 3.8) is 0 Å². The molecule has 13 heteroatoms. The van der Waals surface area contributed by atoms with Gasteiger partial charge in [-0.25, -0.2) is 13.9 Å². The Kier molecular flexibility index (Phi) is 13.2. The van der Waals surface area contributed by atoms with Crippen LogP contribution in [0.25, 0.3) is 0 Å². The molecule has 2 rings (SSSR count). The highest BCUT2D eigenvalue weighted by atomic mass is 32.3. The van der Waals surface area contributed by atoms with E-state index in [-0.39, 0.29) is 6.09 Å². The highest BCUT2D eigenvalue weighted by molar-refractivity contribution is 7.81. The van der Waals surface area contributed by atoms with Crippen LogP contribution < -0.4 is 14.8 Å². The molecule has 12 nitrogen and oxygen atoms in total. The lowest BCUT2D eigenvalue weighted by Gasteiger charge is -2.19. The van der Waals surface area contributed by atoms with Gasteiger partial charge in [0.1, 0.15) is 11.3 Å². The van der Waals surface area contributed by atoms with Crippen LogP contribution in [0.15, 0.2) is 46.9 Å². The summed E-state index contributed by atoms with van der Waals surface area (Å²) in [6, 6.07) is 7.98. The normalized spacial score (nSPS) is 11.7. The van der Waals surface area contributed by atoms with E-state index in [1.54, 1.807) is 0 Å². The summed E-state index contributed by atoms with van der Waals surface area (Å²) >= 11 is 0. The van der Waals surface area contributed by atoms with Gasteiger partial charge in [-0.05, 0) is 64.3 Å². The molecule has 0 saturated heterocycles. The molecule has 0 atom stereocenters. The van der Waals surface area contributed by atoms with E-state index in [1.807, 2.05) is 83.1 Å². The van der Waals surface area contributed by atoms with Gasteiger partial charge in [0.15, 0.2) is 0 Å². The fourth-order valence-corrected chi connectivity index (χ4v) is 3.03. The van der Waals surface area contributed by atoms with E-state index in [2.05, 4.69) is 33.4 Å². The second-order valence-corrected chi connectivity index (χ2v) is 10.7. The molecule has 0 aliphatic rings. The zero-order chi connectivity index (χ0) is 28.1. The van der Waals surface area contributed by atoms with Crippen molar-refractivity contribution in [3.05, 3.63) is 36.7 Å². The number of alkyl carbamates (subject to hydrolysis) is 1. The molecule has 1 aromatic heterocycles. The number of carbonyl (C=O) groups excluding carboxylic acids is 1. The number of aryl methyl sites for hydroxylation is 2. The Bertz CT molecular complexity index is 1080. The van der Waals surface area contributed by atoms with Gasteiger partial charge in [0, 0.05) is 31.4 Å². The Morgan fingerprint density at radius 3 is 2.19 bits per heavy atom. The molecule has 0 fully saturated rings. The standard InChI is InChI=1S/C22H34N6O2.C2H6O4S/c1-22(2,3)30-21(29)23-14-8-7-9-15-28-17-16-27(6)20(28)25-24-18-10-12-19(13-11-18)26(4)5;1-5-7(3,4)6-2/h10-13,16-17H,7-9,14-15H2,1-6H3;1-2H3/p+1. The van der Waals surface area contributed by atoms with Crippen LogP contribution in [0.2, 0.25) is 0 Å². The van der Waals surface area contributed by atoms with Crippen LogP contribution >= 0.6 is 0 Å². The SMILES string of the molecule is CN(C)c1ccc(N=Nc2n(CCCCCNC(=O)OC(C)(C)C)cc[n+]2C)cc1.COS(=O)(=O)OC. The topological polar surface area (TPSA) is 128 Å². The van der Waals surface area contributed by atoms with Crippen LogP contribution in [0, 0.1) is 0 Å². The molecule has 0 bridgehead atoms. The molecule has 2 aromatic rings. The van der Waals surface area contributed by atoms with Crippen LogP contribution in [0.3, 0.4) is 0 Å². The first kappa shape index (κ1) is 32.0. The maximum Gasteiger partial charge on any atom is 0.421 e. The Morgan fingerprint density at radius 1 is 1.05 bits per heavy atom. The molecule has 1 heterocycles. The van der Waals surface area contributed by atoms with Crippen molar-refractivity contribution in [1.29, 1.82) is 0 Å². The van der Waals surface area contributed by atoms with E-state index in [4.69, 9.17) is 4.74 Å². The largest absolute Gasteiger partial charge is 0.444 e. The lowest BCUT2D eigenvalue weighted by atomic mass is 10.2. The first-order chi connectivity index (χ1) is 17.3. The smallest absolute Gasteiger partial charge is 0.421 e. The Hall–Kier alpha value is -3.03. The molecule has 0 unspecified atom stereocenters. The summed E-state index contributed by atoms with van der Waals surface area (Å²) in [5, 5.41) is 11.6. The molecule has 0 aliphatic heterocycles. The van der Waals surface area contributed by atoms with Gasteiger partial charge in [0.2, 0.25) is 0 Å². The number of imidazole rings is 1. The monoisotopic (exact) mass is 541 g/mol. The summed E-state index contributed by atoms with van der Waals surface area (Å²) in [5.74, 6) is 0.804. The minimum Gasteiger partial charge on any atom is -0.444 e. The van der Waals surface area contributed by atoms with Crippen molar-refractivity contribution in [1.82, 2.24) is 9.88 Å². The maximum atomic E-state index is 11.6. The Balaban J connectivity index is 0.000000856. The molecule has 208 valence electrons. The van der Waals surface area contributed by atoms with Crippen molar-refractivity contribution >= 4 is 33.8 Å². The van der Waals surface area contributed by atoms with Crippen LogP contribution in [-0.2, 0) is 37.1 Å². The lowest BCUT2D eigenvalue weighted by molar-refractivity contribution is -0.657. The highest BCUT2D eigenvalue weighted by Gasteiger charge is 2.16. The molecule has 1 N–H and O–H groups in total. The van der Waals surface area contributed by atoms with Gasteiger partial charge >= 0.3 is 22.4 Å². The fourth-order valence-electron chi connectivity index (χ4n) is 2.90. The predicted octanol–water partition coefficient (Wildman–Crippen LogP) is 4.01. The summed E-state index contributed by atoms with van der Waals surface area (Å²) in [6.07, 6.45) is 6.53. The van der Waals surface area contributed by atoms with Crippen molar-refractivity contribution in [2.75, 3.05) is 39.8 Å². The van der Waals surface area contributed by atoms with Crippen molar-refractivity contribution in [2.24, 2.45) is 17.3 Å². The van der Waals surface area contributed by atoms with E-state index in [1.165, 1.54) is 0 Å². The van der Waals surface area contributed by atoms with Crippen molar-refractivity contribution in [2.45, 2.75) is 52.2 Å². The van der Waals surface area contributed by atoms with Crippen LogP contribution in [0.5, 0.6) is 0 Å². The number of azo groups is 1. The number of amides is 1. The third kappa shape index (κ3) is 13.2. The second kappa shape index (κ2) is 15.3. The minimum atomic E-state index is -3.66. The number of ether oxygens (including phenoxy) is 1. The fraction of sp³-hybridized carbons (Fsp3) is 0.583. The summed E-state index contributed by atoms with van der Waals surface area (Å²) in [7, 11) is 4.38. The quantitative estimate of drug-likeness (QED) is 0.259. The highest BCUT2D eigenvalue weighted by Crippen LogP contribution is 2.20. The number of nitrogens with one attached hydrogen (secondary N) is 1. The third-order valence-electron chi connectivity index (χ3n) is 4.82. The summed E-state index contributed by atoms with van der Waals surface area (Å²) < 4.78 is 36.8. The number of anilines is 1. The zero-order valence-electron chi connectivity index (χ0n) is 23.1. The number of benzene rings is 1. The van der Waals surface area contributed by atoms with Gasteiger partial charge in [-0.1, -0.05) is 5.11 Å². The molecular weight excluding hydrogens is 500 g/mol. The summed E-state index contributed by atoms with van der Waals surface area (Å²) in [4.78, 5) is 13.7. The molecule has 1 amide bonds. The number of rotatable bonds is 11. The zero-order valence-corrected chi connectivity index (χ0v) is 23.9. The van der Waals surface area contributed by atoms with Crippen LogP contribution in [0.4, 0.5) is 22.1 Å². The lowest BCUT2D eigenvalue weighted by Crippen LogP contribution is -2.33. The number of unbranched alkanes of at least 4 members (excludes halogenated alkanes) is 2. The van der Waals surface area contributed by atoms with Gasteiger partial charge in [-0.3, -0.25) is 8.37 Å². The average Bonchev–Trinajstić information content (AvgIpc) is 3.18. The third-order valence-corrected chi connectivity index (χ3v) is 5.63. The molecule has 1 aromatic carbocycles. The Morgan fingerprint density at radius 2 is 1.68 bits per heavy atom. The van der Waals surface area contributed by atoms with Gasteiger partial charge in [-0.2, -0.15) is 8.42 Å². The van der Waals surface area contributed by atoms with Crippen molar-refractivity contribution < 1.29 is 30.9 Å². The molecule has 0 spiro atoms. The van der Waals surface area contributed by atoms with E-state index < -0.39 is 16.0 Å². The number of nitrogens with zero attached hydrogens (tertiary/aromatic N) is 5. The maximum absolute atomic E-state index is 11.6. The second-order valence-electron chi connectivity index (χ2n) is 9.24. The number of hydrogen-bond acceptors (Lipinski definition) is 9. The van der Waals surface area contributed by atoms with Gasteiger partial charge in [0.05, 0.1) is 40.2 Å². The van der Waals surface area contributed by atoms with E-state index >= 15 is 0 Å².